The molecule has 3 heteroatoms. The van der Waals surface area contributed by atoms with Crippen LogP contribution < -0.4 is 4.90 Å². The number of hydrogen-bond acceptors (Lipinski definition) is 2. The molecule has 19 heavy (non-hydrogen) atoms. The number of para-hydroxylation sites is 1. The first-order chi connectivity index (χ1) is 9.27. The highest BCUT2D eigenvalue weighted by Gasteiger charge is 2.39. The second-order valence-electron chi connectivity index (χ2n) is 4.72. The molecule has 3 nitrogen and oxygen atoms in total. The Morgan fingerprint density at radius 1 is 0.947 bits per heavy atom. The van der Waals surface area contributed by atoms with Crippen molar-refractivity contribution >= 4 is 11.6 Å². The molecule has 2 aromatic carbocycles. The van der Waals surface area contributed by atoms with Crippen molar-refractivity contribution < 1.29 is 9.90 Å². The minimum Gasteiger partial charge on any atom is -0.373 e. The van der Waals surface area contributed by atoms with Gasteiger partial charge >= 0.3 is 0 Å². The lowest BCUT2D eigenvalue weighted by Gasteiger charge is -2.20. The Bertz CT molecular complexity index is 568. The van der Waals surface area contributed by atoms with Gasteiger partial charge in [0, 0.05) is 12.1 Å². The summed E-state index contributed by atoms with van der Waals surface area (Å²) in [7, 11) is 0. The Kier molecular flexibility index (Phi) is 3.05. The molecule has 1 saturated heterocycles. The van der Waals surface area contributed by atoms with Crippen LogP contribution in [-0.4, -0.2) is 17.2 Å². The zero-order valence-corrected chi connectivity index (χ0v) is 10.4. The van der Waals surface area contributed by atoms with Crippen molar-refractivity contribution in [2.45, 2.75) is 18.6 Å². The first-order valence-electron chi connectivity index (χ1n) is 6.38. The molecular formula is C16H15NO2. The molecule has 1 aliphatic rings. The van der Waals surface area contributed by atoms with Gasteiger partial charge in [-0.15, -0.1) is 0 Å². The highest BCUT2D eigenvalue weighted by molar-refractivity contribution is 6.00. The monoisotopic (exact) mass is 253 g/mol. The predicted octanol–water partition coefficient (Wildman–Crippen LogP) is 2.53. The van der Waals surface area contributed by atoms with Gasteiger partial charge in [0.1, 0.15) is 6.23 Å². The predicted molar refractivity (Wildman–Crippen MR) is 73.7 cm³/mol. The summed E-state index contributed by atoms with van der Waals surface area (Å²) in [5.41, 5.74) is 1.71. The number of carbonyl (C=O) groups excluding carboxylic acids is 1. The zero-order valence-electron chi connectivity index (χ0n) is 10.4. The molecule has 0 saturated carbocycles. The van der Waals surface area contributed by atoms with Crippen molar-refractivity contribution in [3.8, 4) is 0 Å². The average Bonchev–Trinajstić information content (AvgIpc) is 2.76. The molecule has 0 spiro atoms. The molecule has 1 aliphatic heterocycles. The lowest BCUT2D eigenvalue weighted by atomic mass is 9.97. The van der Waals surface area contributed by atoms with Crippen LogP contribution in [0.25, 0.3) is 0 Å². The first kappa shape index (κ1) is 11.9. The number of rotatable bonds is 2. The quantitative estimate of drug-likeness (QED) is 0.893. The van der Waals surface area contributed by atoms with Crippen LogP contribution in [0.15, 0.2) is 60.7 Å². The number of amides is 1. The third kappa shape index (κ3) is 2.13. The molecule has 0 aliphatic carbocycles. The lowest BCUT2D eigenvalue weighted by molar-refractivity contribution is -0.118. The number of aliphatic hydroxyl groups is 1. The van der Waals surface area contributed by atoms with Crippen LogP contribution in [0.2, 0.25) is 0 Å². The van der Waals surface area contributed by atoms with E-state index in [1.807, 2.05) is 60.7 Å². The van der Waals surface area contributed by atoms with E-state index in [1.165, 1.54) is 4.90 Å². The number of aliphatic hydroxyl groups excluding tert-OH is 1. The van der Waals surface area contributed by atoms with Crippen LogP contribution >= 0.6 is 0 Å². The van der Waals surface area contributed by atoms with E-state index in [0.29, 0.717) is 6.42 Å². The summed E-state index contributed by atoms with van der Waals surface area (Å²) in [6.45, 7) is 0. The fraction of sp³-hybridized carbons (Fsp3) is 0.188. The van der Waals surface area contributed by atoms with E-state index in [0.717, 1.165) is 11.3 Å². The molecule has 1 heterocycles. The maximum Gasteiger partial charge on any atom is 0.236 e. The van der Waals surface area contributed by atoms with Crippen LogP contribution in [0.5, 0.6) is 0 Å². The molecule has 96 valence electrons. The Hall–Kier alpha value is -2.13. The van der Waals surface area contributed by atoms with E-state index >= 15 is 0 Å². The van der Waals surface area contributed by atoms with Crippen LogP contribution in [0, 0.1) is 0 Å². The van der Waals surface area contributed by atoms with Gasteiger partial charge in [0.25, 0.3) is 0 Å². The molecule has 2 atom stereocenters. The van der Waals surface area contributed by atoms with Gasteiger partial charge in [-0.2, -0.15) is 0 Å². The van der Waals surface area contributed by atoms with E-state index in [4.69, 9.17) is 0 Å². The third-order valence-electron chi connectivity index (χ3n) is 3.52. The Morgan fingerprint density at radius 2 is 1.53 bits per heavy atom. The number of benzene rings is 2. The van der Waals surface area contributed by atoms with E-state index in [9.17, 15) is 9.90 Å². The minimum atomic E-state index is -0.750. The van der Waals surface area contributed by atoms with E-state index < -0.39 is 6.23 Å². The van der Waals surface area contributed by atoms with Crippen molar-refractivity contribution in [3.05, 3.63) is 66.2 Å². The summed E-state index contributed by atoms with van der Waals surface area (Å²) in [5.74, 6) is -0.290. The fourth-order valence-electron chi connectivity index (χ4n) is 2.58. The molecule has 2 aromatic rings. The Morgan fingerprint density at radius 3 is 2.16 bits per heavy atom. The molecule has 0 radical (unpaired) electrons. The third-order valence-corrected chi connectivity index (χ3v) is 3.52. The molecular weight excluding hydrogens is 238 g/mol. The largest absolute Gasteiger partial charge is 0.373 e. The van der Waals surface area contributed by atoms with E-state index in [2.05, 4.69) is 0 Å². The van der Waals surface area contributed by atoms with Crippen LogP contribution in [0.4, 0.5) is 5.69 Å². The smallest absolute Gasteiger partial charge is 0.236 e. The Labute approximate surface area is 112 Å². The van der Waals surface area contributed by atoms with Crippen molar-refractivity contribution in [1.82, 2.24) is 0 Å². The normalized spacial score (nSPS) is 22.8. The molecule has 1 amide bonds. The van der Waals surface area contributed by atoms with E-state index in [-0.39, 0.29) is 11.8 Å². The molecule has 1 N–H and O–H groups in total. The molecule has 0 aromatic heterocycles. The summed E-state index contributed by atoms with van der Waals surface area (Å²) < 4.78 is 0. The second-order valence-corrected chi connectivity index (χ2v) is 4.72. The zero-order chi connectivity index (χ0) is 13.2. The average molecular weight is 253 g/mol. The van der Waals surface area contributed by atoms with Crippen LogP contribution in [-0.2, 0) is 4.79 Å². The summed E-state index contributed by atoms with van der Waals surface area (Å²) in [6.07, 6.45) is -0.308. The number of nitrogens with zero attached hydrogens (tertiary/aromatic N) is 1. The first-order valence-corrected chi connectivity index (χ1v) is 6.38. The van der Waals surface area contributed by atoms with Crippen molar-refractivity contribution in [3.63, 3.8) is 0 Å². The number of anilines is 1. The van der Waals surface area contributed by atoms with E-state index in [1.54, 1.807) is 0 Å². The van der Waals surface area contributed by atoms with Gasteiger partial charge < -0.3 is 5.11 Å². The van der Waals surface area contributed by atoms with Gasteiger partial charge in [0.2, 0.25) is 5.91 Å². The topological polar surface area (TPSA) is 40.5 Å². The Balaban J connectivity index is 1.92. The number of carbonyl (C=O) groups is 1. The van der Waals surface area contributed by atoms with Crippen LogP contribution in [0.3, 0.4) is 0 Å². The minimum absolute atomic E-state index is 0.0371. The molecule has 1 fully saturated rings. The molecule has 0 bridgehead atoms. The second kappa shape index (κ2) is 4.86. The van der Waals surface area contributed by atoms with Gasteiger partial charge in [0.05, 0.1) is 5.92 Å². The van der Waals surface area contributed by atoms with Gasteiger partial charge in [-0.05, 0) is 17.7 Å². The van der Waals surface area contributed by atoms with Gasteiger partial charge in [0.15, 0.2) is 0 Å². The van der Waals surface area contributed by atoms with Gasteiger partial charge in [-0.3, -0.25) is 9.69 Å². The van der Waals surface area contributed by atoms with Crippen molar-refractivity contribution in [2.24, 2.45) is 0 Å². The summed E-state index contributed by atoms with van der Waals surface area (Å²) >= 11 is 0. The van der Waals surface area contributed by atoms with Gasteiger partial charge in [-0.1, -0.05) is 48.5 Å². The summed E-state index contributed by atoms with van der Waals surface area (Å²) in [4.78, 5) is 14.0. The maximum absolute atomic E-state index is 12.5. The SMILES string of the molecule is O=C1C(c2ccccc2)CC(O)N1c1ccccc1. The maximum atomic E-state index is 12.5. The summed E-state index contributed by atoms with van der Waals surface area (Å²) in [6, 6.07) is 18.9. The lowest BCUT2D eigenvalue weighted by Crippen LogP contribution is -2.33. The van der Waals surface area contributed by atoms with Gasteiger partial charge in [-0.25, -0.2) is 0 Å². The standard InChI is InChI=1S/C16H15NO2/c18-15-11-14(12-7-3-1-4-8-12)16(19)17(15)13-9-5-2-6-10-13/h1-10,14-15,18H,11H2. The molecule has 3 rings (SSSR count). The highest BCUT2D eigenvalue weighted by Crippen LogP contribution is 2.35. The summed E-state index contributed by atoms with van der Waals surface area (Å²) in [5, 5.41) is 10.1. The fourth-order valence-corrected chi connectivity index (χ4v) is 2.58. The number of hydrogen-bond donors (Lipinski definition) is 1. The van der Waals surface area contributed by atoms with Crippen molar-refractivity contribution in [2.75, 3.05) is 4.90 Å². The molecule has 2 unspecified atom stereocenters. The van der Waals surface area contributed by atoms with Crippen molar-refractivity contribution in [1.29, 1.82) is 0 Å². The highest BCUT2D eigenvalue weighted by atomic mass is 16.3. The van der Waals surface area contributed by atoms with Crippen LogP contribution in [0.1, 0.15) is 17.9 Å².